The number of methoxy groups -OCH3 is 3. The van der Waals surface area contributed by atoms with Gasteiger partial charge in [-0.2, -0.15) is 0 Å². The number of aryl methyl sites for hydroxylation is 2. The predicted molar refractivity (Wildman–Crippen MR) is 142 cm³/mol. The number of hydrogen-bond acceptors (Lipinski definition) is 8. The van der Waals surface area contributed by atoms with Crippen LogP contribution < -0.4 is 19.5 Å². The van der Waals surface area contributed by atoms with Crippen LogP contribution in [0.25, 0.3) is 0 Å². The molecule has 3 aromatic rings. The molecule has 1 amide bonds. The molecular weight excluding hydrogens is 488 g/mol. The molecule has 2 N–H and O–H groups in total. The van der Waals surface area contributed by atoms with Crippen molar-refractivity contribution >= 4 is 11.9 Å². The molecule has 0 aliphatic heterocycles. The number of aromatic nitrogens is 1. The van der Waals surface area contributed by atoms with Crippen molar-refractivity contribution in [2.75, 3.05) is 21.3 Å². The lowest BCUT2D eigenvalue weighted by Crippen LogP contribution is -2.41. The Balaban J connectivity index is 1.91. The topological polar surface area (TPSA) is 116 Å². The molecule has 38 heavy (non-hydrogen) atoms. The number of carbonyl (C=O) groups excluding carboxylic acids is 2. The van der Waals surface area contributed by atoms with E-state index in [1.54, 1.807) is 21.1 Å². The van der Waals surface area contributed by atoms with Crippen molar-refractivity contribution < 1.29 is 33.6 Å². The van der Waals surface area contributed by atoms with Crippen molar-refractivity contribution in [3.63, 3.8) is 0 Å². The van der Waals surface area contributed by atoms with Gasteiger partial charge in [0.05, 0.1) is 27.2 Å². The van der Waals surface area contributed by atoms with Crippen LogP contribution in [0, 0.1) is 13.8 Å². The Morgan fingerprint density at radius 1 is 0.868 bits per heavy atom. The number of carbonyl (C=O) groups is 2. The summed E-state index contributed by atoms with van der Waals surface area (Å²) in [5, 5.41) is 12.8. The third-order valence-electron chi connectivity index (χ3n) is 6.36. The van der Waals surface area contributed by atoms with E-state index < -0.39 is 35.7 Å². The smallest absolute Gasteiger partial charge is 0.328 e. The second-order valence-electron chi connectivity index (χ2n) is 8.92. The van der Waals surface area contributed by atoms with E-state index in [-0.39, 0.29) is 11.4 Å². The average molecular weight is 523 g/mol. The maximum Gasteiger partial charge on any atom is 0.328 e. The van der Waals surface area contributed by atoms with Gasteiger partial charge in [0, 0.05) is 23.4 Å². The first kappa shape index (κ1) is 28.3. The van der Waals surface area contributed by atoms with Crippen LogP contribution in [0.1, 0.15) is 52.5 Å². The average Bonchev–Trinajstić information content (AvgIpc) is 2.89. The Hall–Kier alpha value is -4.27. The Morgan fingerprint density at radius 2 is 1.42 bits per heavy atom. The molecule has 2 aromatic carbocycles. The maximum absolute atomic E-state index is 13.1. The number of benzene rings is 2. The van der Waals surface area contributed by atoms with Gasteiger partial charge in [-0.25, -0.2) is 9.78 Å². The molecule has 0 radical (unpaired) electrons. The highest BCUT2D eigenvalue weighted by Crippen LogP contribution is 2.42. The van der Waals surface area contributed by atoms with Gasteiger partial charge in [0.25, 0.3) is 5.91 Å². The molecule has 0 unspecified atom stereocenters. The molecule has 0 saturated carbocycles. The molecule has 9 heteroatoms. The lowest BCUT2D eigenvalue weighted by molar-refractivity contribution is -0.150. The molecule has 0 spiro atoms. The quantitative estimate of drug-likeness (QED) is 0.379. The van der Waals surface area contributed by atoms with Crippen LogP contribution in [-0.2, 0) is 9.53 Å². The van der Waals surface area contributed by atoms with Gasteiger partial charge in [-0.1, -0.05) is 36.4 Å². The minimum absolute atomic E-state index is 0.0936. The molecule has 1 heterocycles. The Bertz CT molecular complexity index is 1250. The van der Waals surface area contributed by atoms with Crippen LogP contribution in [0.2, 0.25) is 0 Å². The largest absolute Gasteiger partial charge is 0.503 e. The first-order valence-electron chi connectivity index (χ1n) is 12.1. The first-order chi connectivity index (χ1) is 18.1. The molecule has 9 nitrogen and oxygen atoms in total. The molecule has 1 aromatic heterocycles. The fourth-order valence-corrected chi connectivity index (χ4v) is 4.52. The van der Waals surface area contributed by atoms with E-state index in [4.69, 9.17) is 18.9 Å². The number of nitrogens with zero attached hydrogens (tertiary/aromatic N) is 1. The summed E-state index contributed by atoms with van der Waals surface area (Å²) in [7, 11) is 4.57. The van der Waals surface area contributed by atoms with E-state index in [9.17, 15) is 14.7 Å². The lowest BCUT2D eigenvalue weighted by atomic mass is 9.84. The molecule has 0 aliphatic rings. The standard InChI is InChI=1S/C29H34N2O7/c1-16-10-8-12-20(26(16)36-6)23(21-13-9-11-17(2)27(21)37-7)19(4)38-29(34)18(3)31-28(33)24-25(32)22(35-5)14-15-30-24/h8-15,18-19,23,32H,1-7H3,(H,31,33)/t18-,19-/m0/s1. The van der Waals surface area contributed by atoms with Crippen LogP contribution in [0.5, 0.6) is 23.0 Å². The van der Waals surface area contributed by atoms with Gasteiger partial charge in [-0.05, 0) is 38.8 Å². The van der Waals surface area contributed by atoms with Crippen molar-refractivity contribution in [1.29, 1.82) is 0 Å². The Labute approximate surface area is 222 Å². The van der Waals surface area contributed by atoms with Crippen LogP contribution >= 0.6 is 0 Å². The number of hydrogen-bond donors (Lipinski definition) is 2. The second kappa shape index (κ2) is 12.3. The lowest BCUT2D eigenvalue weighted by Gasteiger charge is -2.29. The number of esters is 1. The molecule has 202 valence electrons. The SMILES string of the molecule is COc1ccnc(C(=O)N[C@@H](C)C(=O)O[C@@H](C)C(c2cccc(C)c2OC)c2cccc(C)c2OC)c1O. The Morgan fingerprint density at radius 3 is 1.92 bits per heavy atom. The highest BCUT2D eigenvalue weighted by Gasteiger charge is 2.32. The summed E-state index contributed by atoms with van der Waals surface area (Å²) in [6, 6.07) is 12.0. The van der Waals surface area contributed by atoms with Gasteiger partial charge in [-0.15, -0.1) is 0 Å². The number of rotatable bonds is 10. The van der Waals surface area contributed by atoms with Crippen molar-refractivity contribution in [2.24, 2.45) is 0 Å². The highest BCUT2D eigenvalue weighted by atomic mass is 16.5. The van der Waals surface area contributed by atoms with E-state index in [0.717, 1.165) is 22.3 Å². The zero-order valence-electron chi connectivity index (χ0n) is 22.7. The minimum Gasteiger partial charge on any atom is -0.503 e. The van der Waals surface area contributed by atoms with Crippen LogP contribution in [0.15, 0.2) is 48.7 Å². The van der Waals surface area contributed by atoms with Crippen LogP contribution in [0.4, 0.5) is 0 Å². The van der Waals surface area contributed by atoms with Gasteiger partial charge in [0.15, 0.2) is 17.2 Å². The third-order valence-corrected chi connectivity index (χ3v) is 6.36. The van der Waals surface area contributed by atoms with E-state index in [0.29, 0.717) is 11.5 Å². The van der Waals surface area contributed by atoms with E-state index >= 15 is 0 Å². The minimum atomic E-state index is -1.03. The monoisotopic (exact) mass is 522 g/mol. The molecule has 2 atom stereocenters. The summed E-state index contributed by atoms with van der Waals surface area (Å²) in [6.07, 6.45) is 0.657. The van der Waals surface area contributed by atoms with Crippen LogP contribution in [0.3, 0.4) is 0 Å². The molecule has 0 aliphatic carbocycles. The van der Waals surface area contributed by atoms with Gasteiger partial charge in [-0.3, -0.25) is 4.79 Å². The zero-order chi connectivity index (χ0) is 28.0. The third kappa shape index (κ3) is 5.82. The van der Waals surface area contributed by atoms with E-state index in [2.05, 4.69) is 10.3 Å². The summed E-state index contributed by atoms with van der Waals surface area (Å²) >= 11 is 0. The number of pyridine rings is 1. The predicted octanol–water partition coefficient (Wildman–Crippen LogP) is 4.31. The second-order valence-corrected chi connectivity index (χ2v) is 8.92. The number of para-hydroxylation sites is 2. The van der Waals surface area contributed by atoms with Crippen molar-refractivity contribution in [3.8, 4) is 23.0 Å². The first-order valence-corrected chi connectivity index (χ1v) is 12.1. The van der Waals surface area contributed by atoms with Gasteiger partial charge < -0.3 is 29.4 Å². The molecule has 3 rings (SSSR count). The number of ether oxygens (including phenoxy) is 4. The van der Waals surface area contributed by atoms with Gasteiger partial charge in [0.1, 0.15) is 23.6 Å². The molecule has 0 fully saturated rings. The van der Waals surface area contributed by atoms with Gasteiger partial charge >= 0.3 is 5.97 Å². The molecule has 0 bridgehead atoms. The van der Waals surface area contributed by atoms with Crippen LogP contribution in [-0.4, -0.2) is 55.4 Å². The number of amides is 1. The maximum atomic E-state index is 13.1. The van der Waals surface area contributed by atoms with Gasteiger partial charge in [0.2, 0.25) is 0 Å². The highest BCUT2D eigenvalue weighted by molar-refractivity contribution is 5.97. The zero-order valence-corrected chi connectivity index (χ0v) is 22.7. The number of nitrogens with one attached hydrogen (secondary N) is 1. The number of aromatic hydroxyl groups is 1. The van der Waals surface area contributed by atoms with E-state index in [1.807, 2.05) is 50.2 Å². The fraction of sp³-hybridized carbons (Fsp3) is 0.345. The Kier molecular flexibility index (Phi) is 9.17. The normalized spacial score (nSPS) is 12.4. The summed E-state index contributed by atoms with van der Waals surface area (Å²) < 4.78 is 22.4. The summed E-state index contributed by atoms with van der Waals surface area (Å²) in [5.74, 6) is -0.784. The van der Waals surface area contributed by atoms with Crippen molar-refractivity contribution in [2.45, 2.75) is 45.8 Å². The van der Waals surface area contributed by atoms with E-state index in [1.165, 1.54) is 26.3 Å². The summed E-state index contributed by atoms with van der Waals surface area (Å²) in [4.78, 5) is 29.8. The summed E-state index contributed by atoms with van der Waals surface area (Å²) in [6.45, 7) is 7.18. The molecular formula is C29H34N2O7. The van der Waals surface area contributed by atoms with Crippen molar-refractivity contribution in [3.05, 3.63) is 76.6 Å². The fourth-order valence-electron chi connectivity index (χ4n) is 4.52. The summed E-state index contributed by atoms with van der Waals surface area (Å²) in [5.41, 5.74) is 3.28. The molecule has 0 saturated heterocycles. The van der Waals surface area contributed by atoms with Crippen molar-refractivity contribution in [1.82, 2.24) is 10.3 Å².